The Morgan fingerprint density at radius 2 is 0.846 bits per heavy atom. The van der Waals surface area contributed by atoms with Gasteiger partial charge in [0.25, 0.3) is 0 Å². The predicted octanol–water partition coefficient (Wildman–Crippen LogP) is -3.56. The average molecular weight is 380 g/mol. The first-order valence-electron chi connectivity index (χ1n) is 1.28. The van der Waals surface area contributed by atoms with Gasteiger partial charge in [-0.3, -0.25) is 0 Å². The summed E-state index contributed by atoms with van der Waals surface area (Å²) in [5.41, 5.74) is 0. The maximum atomic E-state index is 8.65. The number of rotatable bonds is 0. The molecule has 11 nitrogen and oxygen atoms in total. The molecule has 0 spiro atoms. The molecule has 0 aromatic heterocycles. The Balaban J connectivity index is -0.0000000146. The second-order valence-corrected chi connectivity index (χ2v) is 3.59. The van der Waals surface area contributed by atoms with E-state index in [2.05, 4.69) is 0 Å². The molecule has 0 heterocycles. The molecule has 0 saturated heterocycles. The monoisotopic (exact) mass is 380 g/mol. The molecule has 0 saturated carbocycles. The van der Waals surface area contributed by atoms with Gasteiger partial charge in [-0.1, -0.05) is 0 Å². The van der Waals surface area contributed by atoms with E-state index in [9.17, 15) is 0 Å². The molecule has 0 unspecified atom stereocenters. The molecule has 0 aliphatic rings. The minimum absolute atomic E-state index is 0. The Labute approximate surface area is 77.4 Å². The molecule has 0 aromatic carbocycles. The third-order valence-electron chi connectivity index (χ3n) is 0. The Bertz CT molecular complexity index is 163. The zero-order valence-corrected chi connectivity index (χ0v) is 10.7. The Hall–Kier alpha value is -0.682. The van der Waals surface area contributed by atoms with E-state index in [0.29, 0.717) is 0 Å². The van der Waals surface area contributed by atoms with Crippen LogP contribution in [0.2, 0.25) is 0 Å². The van der Waals surface area contributed by atoms with Gasteiger partial charge in [-0.15, -0.1) is 0 Å². The van der Waals surface area contributed by atoms with E-state index < -0.39 is 22.9 Å². The van der Waals surface area contributed by atoms with Crippen LogP contribution in [0.15, 0.2) is 0 Å². The van der Waals surface area contributed by atoms with Crippen LogP contribution in [0.4, 0.5) is 4.79 Å². The summed E-state index contributed by atoms with van der Waals surface area (Å²) in [6, 6.07) is 0. The molecule has 0 aromatic rings. The van der Waals surface area contributed by atoms with Gasteiger partial charge in [0.2, 0.25) is 0 Å². The van der Waals surface area contributed by atoms with Gasteiger partial charge >= 0.3 is 31.1 Å². The molecule has 0 rings (SSSR count). The Kier molecular flexibility index (Phi) is 53.0. The van der Waals surface area contributed by atoms with E-state index in [0.717, 1.165) is 0 Å². The first-order chi connectivity index (χ1) is 3.73. The fourth-order valence-electron chi connectivity index (χ4n) is 0. The average Bonchev–Trinajstić information content (AvgIpc) is 1.19. The fourth-order valence-corrected chi connectivity index (χ4v) is 0. The van der Waals surface area contributed by atoms with E-state index in [1.165, 1.54) is 0 Å². The van der Waals surface area contributed by atoms with Crippen LogP contribution in [0, 0.1) is 0 Å². The molecular weight excluding hydrogens is 364 g/mol. The van der Waals surface area contributed by atoms with Crippen LogP contribution in [0.5, 0.6) is 0 Å². The first-order valence-corrected chi connectivity index (χ1v) is 6.07. The van der Waals surface area contributed by atoms with Crippen molar-refractivity contribution in [2.45, 2.75) is 0 Å². The van der Waals surface area contributed by atoms with Crippen molar-refractivity contribution in [2.24, 2.45) is 0 Å². The van der Waals surface area contributed by atoms with Crippen LogP contribution < -0.4 is 42.3 Å². The van der Waals surface area contributed by atoms with Crippen molar-refractivity contribution in [3.8, 4) is 0 Å². The van der Waals surface area contributed by atoms with Gasteiger partial charge in [0.05, 0.1) is 0 Å². The molecule has 12 heteroatoms. The minimum atomic E-state index is -6.17. The molecule has 0 atom stereocenters. The summed E-state index contributed by atoms with van der Waals surface area (Å²) in [5.74, 6) is 0. The quantitative estimate of drug-likeness (QED) is 0.327. The number of quaternary nitrogens is 4. The van der Waals surface area contributed by atoms with E-state index in [1.54, 1.807) is 0 Å². The number of hydrogen-bond acceptors (Lipinski definition) is 7. The zero-order chi connectivity index (χ0) is 8.08. The van der Waals surface area contributed by atoms with Crippen molar-refractivity contribution in [1.82, 2.24) is 24.6 Å². The van der Waals surface area contributed by atoms with Gasteiger partial charge in [0.1, 0.15) is 0 Å². The van der Waals surface area contributed by atoms with Crippen molar-refractivity contribution in [3.05, 3.63) is 0 Å². The Morgan fingerprint density at radius 1 is 0.846 bits per heavy atom. The summed E-state index contributed by atoms with van der Waals surface area (Å²) in [6.07, 6.45) is -2.33. The molecule has 0 radical (unpaired) electrons. The topological polar surface area (TPSA) is 289 Å². The van der Waals surface area contributed by atoms with Crippen LogP contribution in [0.3, 0.4) is 0 Å². The summed E-state index contributed by atoms with van der Waals surface area (Å²) < 4.78 is 34.6. The van der Waals surface area contributed by atoms with Crippen molar-refractivity contribution in [3.63, 3.8) is 0 Å². The third kappa shape index (κ3) is 2110. The molecule has 0 fully saturated rings. The summed E-state index contributed by atoms with van der Waals surface area (Å²) in [7, 11) is 0. The molecule has 88 valence electrons. The number of carboxylic acid groups (broad SMARTS) is 2. The first kappa shape index (κ1) is 39.5. The second kappa shape index (κ2) is 17.4. The number of hydrogen-bond donors (Lipinski definition) is 4. The molecular formula is CH16N4O7W. The predicted molar refractivity (Wildman–Crippen MR) is 30.7 cm³/mol. The summed E-state index contributed by atoms with van der Waals surface area (Å²) in [4.78, 5) is 8.33. The standard InChI is InChI=1S/CH2O3.4H3N.4O.W/c2-1(3)4;;;;;;;;;/h(H2,2,3,4);4*1H3;;;;;/q;;;;;;;2*-1;/p+2. The molecule has 0 aliphatic carbocycles. The van der Waals surface area contributed by atoms with Gasteiger partial charge < -0.3 is 39.6 Å². The Morgan fingerprint density at radius 3 is 0.846 bits per heavy atom. The van der Waals surface area contributed by atoms with Gasteiger partial charge in [-0.25, -0.2) is 0 Å². The van der Waals surface area contributed by atoms with Crippen LogP contribution in [0.25, 0.3) is 0 Å². The number of carbonyl (C=O) groups excluding carboxylic acids is 1. The molecule has 0 bridgehead atoms. The van der Waals surface area contributed by atoms with Crippen molar-refractivity contribution >= 4 is 6.16 Å². The van der Waals surface area contributed by atoms with Gasteiger partial charge in [-0.2, -0.15) is 0 Å². The van der Waals surface area contributed by atoms with E-state index in [4.69, 9.17) is 29.3 Å². The normalized spacial score (nSPS) is 6.31. The zero-order valence-electron chi connectivity index (χ0n) is 7.77. The molecule has 0 amide bonds. The van der Waals surface area contributed by atoms with Crippen molar-refractivity contribution < 1.29 is 46.1 Å². The van der Waals surface area contributed by atoms with Gasteiger partial charge in [-0.05, 0) is 6.16 Å². The molecule has 16 N–H and O–H groups in total. The SMILES string of the molecule is O=C([O-])[O-].[NH4+].[NH4+].[NH4+].[NH4+].[O]=[W](=[O])([O-])[O-]. The maximum absolute atomic E-state index is 8.65. The van der Waals surface area contributed by atoms with Crippen LogP contribution >= 0.6 is 0 Å². The van der Waals surface area contributed by atoms with Gasteiger partial charge in [0, 0.05) is 0 Å². The van der Waals surface area contributed by atoms with Crippen LogP contribution in [-0.4, -0.2) is 6.16 Å². The summed E-state index contributed by atoms with van der Waals surface area (Å²) >= 11 is -6.17. The van der Waals surface area contributed by atoms with Gasteiger partial charge in [0.15, 0.2) is 0 Å². The summed E-state index contributed by atoms with van der Waals surface area (Å²) in [5, 5.41) is 16.7. The van der Waals surface area contributed by atoms with Crippen molar-refractivity contribution in [1.29, 1.82) is 0 Å². The second-order valence-electron chi connectivity index (χ2n) is 0.658. The van der Waals surface area contributed by atoms with Crippen LogP contribution in [0.1, 0.15) is 0 Å². The summed E-state index contributed by atoms with van der Waals surface area (Å²) in [6.45, 7) is 0. The molecule has 0 aliphatic heterocycles. The number of carbonyl (C=O) groups is 1. The molecule has 13 heavy (non-hydrogen) atoms. The van der Waals surface area contributed by atoms with Crippen LogP contribution in [-0.2, 0) is 23.5 Å². The fraction of sp³-hybridized carbons (Fsp3) is 0. The van der Waals surface area contributed by atoms with E-state index >= 15 is 0 Å². The van der Waals surface area contributed by atoms with E-state index in [1.807, 2.05) is 0 Å². The third-order valence-corrected chi connectivity index (χ3v) is 0. The van der Waals surface area contributed by atoms with Crippen molar-refractivity contribution in [2.75, 3.05) is 0 Å². The van der Waals surface area contributed by atoms with E-state index in [-0.39, 0.29) is 24.6 Å².